The van der Waals surface area contributed by atoms with E-state index in [4.69, 9.17) is 17.0 Å². The number of rotatable bonds is 5. The number of ether oxygens (including phenoxy) is 1. The maximum absolute atomic E-state index is 12.2. The predicted molar refractivity (Wildman–Crippen MR) is 97.8 cm³/mol. The van der Waals surface area contributed by atoms with Gasteiger partial charge >= 0.3 is 0 Å². The Kier molecular flexibility index (Phi) is 6.10. The monoisotopic (exact) mass is 349 g/mol. The van der Waals surface area contributed by atoms with Crippen LogP contribution in [-0.2, 0) is 11.3 Å². The van der Waals surface area contributed by atoms with E-state index in [1.807, 2.05) is 19.9 Å². The van der Waals surface area contributed by atoms with E-state index in [0.29, 0.717) is 17.3 Å². The van der Waals surface area contributed by atoms with Gasteiger partial charge in [-0.15, -0.1) is 0 Å². The lowest BCUT2D eigenvalue weighted by Crippen LogP contribution is -2.49. The Bertz CT molecular complexity index is 743. The lowest BCUT2D eigenvalue weighted by molar-refractivity contribution is 0.0943. The quantitative estimate of drug-likeness (QED) is 0.561. The third kappa shape index (κ3) is 4.21. The molecule has 8 heteroatoms. The van der Waals surface area contributed by atoms with Gasteiger partial charge < -0.3 is 14.6 Å². The van der Waals surface area contributed by atoms with Crippen LogP contribution in [0.2, 0.25) is 0 Å². The van der Waals surface area contributed by atoms with Gasteiger partial charge in [0.1, 0.15) is 5.82 Å². The Morgan fingerprint density at radius 1 is 1.42 bits per heavy atom. The molecule has 0 saturated carbocycles. The fourth-order valence-corrected chi connectivity index (χ4v) is 2.78. The van der Waals surface area contributed by atoms with E-state index in [0.717, 1.165) is 23.4 Å². The average Bonchev–Trinajstić information content (AvgIpc) is 2.86. The average molecular weight is 349 g/mol. The van der Waals surface area contributed by atoms with E-state index in [2.05, 4.69) is 32.6 Å². The van der Waals surface area contributed by atoms with E-state index < -0.39 is 0 Å². The topological polar surface area (TPSA) is 80.2 Å². The number of thiocarbonyl (C=S) groups is 1. The zero-order valence-corrected chi connectivity index (χ0v) is 15.2. The molecule has 0 aliphatic rings. The molecule has 0 bridgehead atoms. The molecule has 2 rings (SSSR count). The van der Waals surface area contributed by atoms with E-state index in [-0.39, 0.29) is 11.9 Å². The van der Waals surface area contributed by atoms with Gasteiger partial charge in [-0.25, -0.2) is 4.98 Å². The first-order valence-corrected chi connectivity index (χ1v) is 8.19. The number of carbonyl (C=O) groups excluding carboxylic acids is 1. The number of imidazole rings is 1. The second kappa shape index (κ2) is 8.07. The van der Waals surface area contributed by atoms with Gasteiger partial charge in [0, 0.05) is 25.3 Å². The van der Waals surface area contributed by atoms with E-state index in [1.165, 1.54) is 0 Å². The van der Waals surface area contributed by atoms with Gasteiger partial charge in [-0.1, -0.05) is 0 Å². The van der Waals surface area contributed by atoms with Crippen molar-refractivity contribution < 1.29 is 9.53 Å². The molecule has 7 nitrogen and oxygen atoms in total. The molecule has 1 heterocycles. The largest absolute Gasteiger partial charge is 0.383 e. The number of benzene rings is 1. The summed E-state index contributed by atoms with van der Waals surface area (Å²) in [6, 6.07) is 5.50. The minimum Gasteiger partial charge on any atom is -0.383 e. The van der Waals surface area contributed by atoms with Crippen LogP contribution < -0.4 is 16.2 Å². The van der Waals surface area contributed by atoms with Crippen LogP contribution in [0.25, 0.3) is 11.0 Å². The van der Waals surface area contributed by atoms with Crippen molar-refractivity contribution in [2.45, 2.75) is 33.4 Å². The Morgan fingerprint density at radius 3 is 2.83 bits per heavy atom. The van der Waals surface area contributed by atoms with Gasteiger partial charge in [-0.2, -0.15) is 0 Å². The van der Waals surface area contributed by atoms with Crippen molar-refractivity contribution in [3.8, 4) is 0 Å². The summed E-state index contributed by atoms with van der Waals surface area (Å²) in [5.41, 5.74) is 7.60. The van der Waals surface area contributed by atoms with Crippen molar-refractivity contribution >= 4 is 34.3 Å². The smallest absolute Gasteiger partial charge is 0.269 e. The molecule has 0 saturated heterocycles. The van der Waals surface area contributed by atoms with Crippen LogP contribution in [-0.4, -0.2) is 40.3 Å². The molecule has 0 spiro atoms. The highest BCUT2D eigenvalue weighted by Crippen LogP contribution is 2.17. The number of carbonyl (C=O) groups is 1. The lowest BCUT2D eigenvalue weighted by Gasteiger charge is -2.16. The molecule has 1 aromatic heterocycles. The highest BCUT2D eigenvalue weighted by atomic mass is 32.1. The van der Waals surface area contributed by atoms with Crippen molar-refractivity contribution in [3.63, 3.8) is 0 Å². The van der Waals surface area contributed by atoms with Crippen LogP contribution in [0.4, 0.5) is 0 Å². The van der Waals surface area contributed by atoms with Crippen LogP contribution in [0.1, 0.15) is 30.0 Å². The minimum atomic E-state index is -0.274. The van der Waals surface area contributed by atoms with Crippen LogP contribution in [0.3, 0.4) is 0 Å². The second-order valence-electron chi connectivity index (χ2n) is 5.52. The number of nitrogens with zero attached hydrogens (tertiary/aromatic N) is 2. The number of amides is 1. The van der Waals surface area contributed by atoms with E-state index in [9.17, 15) is 4.79 Å². The second-order valence-corrected chi connectivity index (χ2v) is 5.92. The van der Waals surface area contributed by atoms with Crippen LogP contribution >= 0.6 is 12.2 Å². The Hall–Kier alpha value is -2.19. The number of aryl methyl sites for hydroxylation is 2. The summed E-state index contributed by atoms with van der Waals surface area (Å²) in [5.74, 6) is 0.657. The molecule has 3 N–H and O–H groups in total. The van der Waals surface area contributed by atoms with Crippen molar-refractivity contribution in [2.24, 2.45) is 0 Å². The SMILES string of the molecule is CCn1c(C)nc2cc(C(=O)NNC(=S)N[C@H](C)COC)ccc21. The van der Waals surface area contributed by atoms with Crippen molar-refractivity contribution in [1.82, 2.24) is 25.7 Å². The molecule has 1 aromatic carbocycles. The van der Waals surface area contributed by atoms with Crippen LogP contribution in [0, 0.1) is 6.92 Å². The first-order chi connectivity index (χ1) is 11.5. The summed E-state index contributed by atoms with van der Waals surface area (Å²) in [5, 5.41) is 3.33. The summed E-state index contributed by atoms with van der Waals surface area (Å²) in [6.07, 6.45) is 0. The fourth-order valence-electron chi connectivity index (χ4n) is 2.53. The highest BCUT2D eigenvalue weighted by molar-refractivity contribution is 7.80. The molecule has 0 fully saturated rings. The molecule has 0 unspecified atom stereocenters. The molecule has 0 aliphatic heterocycles. The maximum atomic E-state index is 12.2. The van der Waals surface area contributed by atoms with Gasteiger partial charge in [0.05, 0.1) is 17.6 Å². The third-order valence-electron chi connectivity index (χ3n) is 3.60. The molecule has 1 atom stereocenters. The normalized spacial score (nSPS) is 12.0. The zero-order chi connectivity index (χ0) is 17.7. The third-order valence-corrected chi connectivity index (χ3v) is 3.82. The summed E-state index contributed by atoms with van der Waals surface area (Å²) in [6.45, 7) is 7.31. The summed E-state index contributed by atoms with van der Waals surface area (Å²) in [4.78, 5) is 16.7. The Morgan fingerprint density at radius 2 is 2.17 bits per heavy atom. The first kappa shape index (κ1) is 18.2. The summed E-state index contributed by atoms with van der Waals surface area (Å²) >= 11 is 5.12. The zero-order valence-electron chi connectivity index (χ0n) is 14.3. The van der Waals surface area contributed by atoms with Crippen molar-refractivity contribution in [1.29, 1.82) is 0 Å². The molecule has 2 aromatic rings. The summed E-state index contributed by atoms with van der Waals surface area (Å²) < 4.78 is 7.12. The lowest BCUT2D eigenvalue weighted by atomic mass is 10.2. The van der Waals surface area contributed by atoms with Gasteiger partial charge in [0.2, 0.25) is 0 Å². The number of hydrogen-bond donors (Lipinski definition) is 3. The number of methoxy groups -OCH3 is 1. The van der Waals surface area contributed by atoms with Gasteiger partial charge in [0.15, 0.2) is 5.11 Å². The summed E-state index contributed by atoms with van der Waals surface area (Å²) in [7, 11) is 1.62. The number of fused-ring (bicyclic) bond motifs is 1. The molecule has 24 heavy (non-hydrogen) atoms. The molecule has 0 aliphatic carbocycles. The van der Waals surface area contributed by atoms with Gasteiger partial charge in [-0.05, 0) is 51.2 Å². The van der Waals surface area contributed by atoms with E-state index >= 15 is 0 Å². The minimum absolute atomic E-state index is 0.0456. The highest BCUT2D eigenvalue weighted by Gasteiger charge is 2.11. The van der Waals surface area contributed by atoms with Crippen molar-refractivity contribution in [2.75, 3.05) is 13.7 Å². The predicted octanol–water partition coefficient (Wildman–Crippen LogP) is 1.51. The van der Waals surface area contributed by atoms with Gasteiger partial charge in [-0.3, -0.25) is 15.6 Å². The number of hydrazine groups is 1. The number of nitrogens with one attached hydrogen (secondary N) is 3. The molecule has 130 valence electrons. The maximum Gasteiger partial charge on any atom is 0.269 e. The number of hydrogen-bond acceptors (Lipinski definition) is 4. The molecular formula is C16H23N5O2S. The van der Waals surface area contributed by atoms with Crippen LogP contribution in [0.15, 0.2) is 18.2 Å². The first-order valence-electron chi connectivity index (χ1n) is 7.79. The standard InChI is InChI=1S/C16H23N5O2S/c1-5-21-11(3)18-13-8-12(6-7-14(13)21)15(22)19-20-16(24)17-10(2)9-23-4/h6-8,10H,5,9H2,1-4H3,(H,19,22)(H2,17,20,24)/t10-/m1/s1. The van der Waals surface area contributed by atoms with E-state index in [1.54, 1.807) is 19.2 Å². The number of aromatic nitrogens is 2. The fraction of sp³-hybridized carbons (Fsp3) is 0.438. The Balaban J connectivity index is 2.00. The van der Waals surface area contributed by atoms with Crippen LogP contribution in [0.5, 0.6) is 0 Å². The van der Waals surface area contributed by atoms with Crippen molar-refractivity contribution in [3.05, 3.63) is 29.6 Å². The molecular weight excluding hydrogens is 326 g/mol. The molecule has 0 radical (unpaired) electrons. The van der Waals surface area contributed by atoms with Gasteiger partial charge in [0.25, 0.3) is 5.91 Å². The Labute approximate surface area is 146 Å². The molecule has 1 amide bonds.